The van der Waals surface area contributed by atoms with Gasteiger partial charge in [0.15, 0.2) is 11.2 Å². The van der Waals surface area contributed by atoms with Gasteiger partial charge in [0.1, 0.15) is 12.6 Å². The second-order valence-corrected chi connectivity index (χ2v) is 6.26. The van der Waals surface area contributed by atoms with Gasteiger partial charge in [0.25, 0.3) is 5.56 Å². The number of benzene rings is 1. The molecule has 0 bridgehead atoms. The Morgan fingerprint density at radius 2 is 2.00 bits per heavy atom. The van der Waals surface area contributed by atoms with E-state index in [9.17, 15) is 4.79 Å². The van der Waals surface area contributed by atoms with E-state index in [4.69, 9.17) is 9.84 Å². The zero-order valence-corrected chi connectivity index (χ0v) is 14.9. The van der Waals surface area contributed by atoms with E-state index in [1.165, 1.54) is 24.7 Å². The number of aromatic nitrogens is 4. The van der Waals surface area contributed by atoms with Crippen molar-refractivity contribution >= 4 is 11.2 Å². The van der Waals surface area contributed by atoms with E-state index in [1.807, 2.05) is 0 Å². The van der Waals surface area contributed by atoms with Crippen LogP contribution in [0.4, 0.5) is 0 Å². The van der Waals surface area contributed by atoms with E-state index in [0.29, 0.717) is 17.9 Å². The Morgan fingerprint density at radius 1 is 1.23 bits per heavy atom. The fourth-order valence-corrected chi connectivity index (χ4v) is 2.80. The summed E-state index contributed by atoms with van der Waals surface area (Å²) in [7, 11) is 0. The molecule has 0 saturated heterocycles. The Kier molecular flexibility index (Phi) is 6.14. The lowest BCUT2D eigenvalue weighted by molar-refractivity contribution is 0.0499. The van der Waals surface area contributed by atoms with Crippen LogP contribution in [0, 0.1) is 0 Å². The molecule has 0 radical (unpaired) electrons. The van der Waals surface area contributed by atoms with Crippen molar-refractivity contribution in [1.82, 2.24) is 19.5 Å². The summed E-state index contributed by atoms with van der Waals surface area (Å²) in [6, 6.07) is 8.43. The lowest BCUT2D eigenvalue weighted by atomic mass is 10.0. The maximum absolute atomic E-state index is 12.3. The number of ether oxygens (including phenoxy) is 1. The first-order chi connectivity index (χ1) is 12.7. The van der Waals surface area contributed by atoms with Gasteiger partial charge in [-0.3, -0.25) is 9.36 Å². The van der Waals surface area contributed by atoms with Gasteiger partial charge in [-0.25, -0.2) is 9.97 Å². The molecule has 2 heterocycles. The van der Waals surface area contributed by atoms with Crippen molar-refractivity contribution in [2.24, 2.45) is 0 Å². The summed E-state index contributed by atoms with van der Waals surface area (Å²) in [5.41, 5.74) is 2.94. The number of hydrogen-bond acceptors (Lipinski definition) is 5. The maximum Gasteiger partial charge on any atom is 0.279 e. The van der Waals surface area contributed by atoms with Gasteiger partial charge in [-0.1, -0.05) is 37.6 Å². The van der Waals surface area contributed by atoms with Crippen molar-refractivity contribution in [3.05, 3.63) is 57.9 Å². The number of aliphatic hydroxyl groups excluding tert-OH is 1. The molecule has 7 heteroatoms. The molecular formula is C19H24N4O3. The SMILES string of the molecule is CCCCc1ccc(Cc2nc3c(ncn3COCCO)c(=O)[nH]2)cc1. The van der Waals surface area contributed by atoms with Gasteiger partial charge in [0, 0.05) is 6.42 Å². The number of hydrogen-bond donors (Lipinski definition) is 2. The summed E-state index contributed by atoms with van der Waals surface area (Å²) in [6.45, 7) is 2.55. The maximum atomic E-state index is 12.3. The smallest absolute Gasteiger partial charge is 0.279 e. The van der Waals surface area contributed by atoms with Gasteiger partial charge in [-0.2, -0.15) is 0 Å². The molecule has 7 nitrogen and oxygen atoms in total. The molecule has 2 aromatic heterocycles. The monoisotopic (exact) mass is 356 g/mol. The second kappa shape index (κ2) is 8.73. The summed E-state index contributed by atoms with van der Waals surface area (Å²) in [6.07, 6.45) is 5.53. The van der Waals surface area contributed by atoms with Crippen LogP contribution in [-0.4, -0.2) is 37.8 Å². The predicted molar refractivity (Wildman–Crippen MR) is 99.0 cm³/mol. The van der Waals surface area contributed by atoms with E-state index >= 15 is 0 Å². The lowest BCUT2D eigenvalue weighted by Gasteiger charge is -2.06. The fraction of sp³-hybridized carbons (Fsp3) is 0.421. The van der Waals surface area contributed by atoms with Crippen LogP contribution in [0.5, 0.6) is 0 Å². The van der Waals surface area contributed by atoms with Crippen molar-refractivity contribution in [2.75, 3.05) is 13.2 Å². The number of aliphatic hydroxyl groups is 1. The largest absolute Gasteiger partial charge is 0.394 e. The van der Waals surface area contributed by atoms with Crippen LogP contribution < -0.4 is 5.56 Å². The predicted octanol–water partition coefficient (Wildman–Crippen LogP) is 2.02. The van der Waals surface area contributed by atoms with Gasteiger partial charge in [0.2, 0.25) is 0 Å². The first-order valence-electron chi connectivity index (χ1n) is 8.91. The van der Waals surface area contributed by atoms with Crippen molar-refractivity contribution in [1.29, 1.82) is 0 Å². The molecule has 0 unspecified atom stereocenters. The van der Waals surface area contributed by atoms with Crippen LogP contribution >= 0.6 is 0 Å². The highest BCUT2D eigenvalue weighted by molar-refractivity contribution is 5.69. The van der Waals surface area contributed by atoms with Gasteiger partial charge in [-0.05, 0) is 24.0 Å². The fourth-order valence-electron chi connectivity index (χ4n) is 2.80. The molecule has 0 spiro atoms. The number of aromatic amines is 1. The van der Waals surface area contributed by atoms with Crippen LogP contribution in [0.3, 0.4) is 0 Å². The van der Waals surface area contributed by atoms with E-state index in [0.717, 1.165) is 12.0 Å². The molecule has 3 rings (SSSR count). The standard InChI is InChI=1S/C19H24N4O3/c1-2-3-4-14-5-7-15(8-6-14)11-16-21-18-17(19(25)22-16)20-12-23(18)13-26-10-9-24/h5-8,12,24H,2-4,9-11,13H2,1H3,(H,21,22,25). The summed E-state index contributed by atoms with van der Waals surface area (Å²) in [4.78, 5) is 23.7. The molecule has 0 saturated carbocycles. The summed E-state index contributed by atoms with van der Waals surface area (Å²) in [5, 5.41) is 8.81. The molecule has 0 aliphatic carbocycles. The lowest BCUT2D eigenvalue weighted by Crippen LogP contribution is -2.14. The van der Waals surface area contributed by atoms with Crippen LogP contribution in [0.2, 0.25) is 0 Å². The number of nitrogens with one attached hydrogen (secondary N) is 1. The summed E-state index contributed by atoms with van der Waals surface area (Å²) >= 11 is 0. The van der Waals surface area contributed by atoms with Crippen LogP contribution in [-0.2, 0) is 24.3 Å². The van der Waals surface area contributed by atoms with Gasteiger partial charge < -0.3 is 14.8 Å². The third-order valence-electron chi connectivity index (χ3n) is 4.20. The Morgan fingerprint density at radius 3 is 2.73 bits per heavy atom. The molecule has 0 aliphatic rings. The van der Waals surface area contributed by atoms with E-state index in [2.05, 4.69) is 46.1 Å². The van der Waals surface area contributed by atoms with Crippen molar-refractivity contribution in [3.63, 3.8) is 0 Å². The highest BCUT2D eigenvalue weighted by Crippen LogP contribution is 2.12. The number of nitrogens with zero attached hydrogens (tertiary/aromatic N) is 3. The Labute approximate surface area is 151 Å². The second-order valence-electron chi connectivity index (χ2n) is 6.26. The molecule has 0 fully saturated rings. The molecule has 3 aromatic rings. The van der Waals surface area contributed by atoms with E-state index in [1.54, 1.807) is 4.57 Å². The van der Waals surface area contributed by atoms with E-state index in [-0.39, 0.29) is 31.0 Å². The minimum atomic E-state index is -0.259. The Bertz CT molecular complexity index is 899. The number of unbranched alkanes of at least 4 members (excludes halogenated alkanes) is 1. The molecule has 2 N–H and O–H groups in total. The minimum Gasteiger partial charge on any atom is -0.394 e. The number of aryl methyl sites for hydroxylation is 1. The van der Waals surface area contributed by atoms with Crippen LogP contribution in [0.25, 0.3) is 11.2 Å². The molecule has 0 amide bonds. The quantitative estimate of drug-likeness (QED) is 0.572. The Balaban J connectivity index is 1.79. The number of H-pyrrole nitrogens is 1. The average Bonchev–Trinajstić information content (AvgIpc) is 3.05. The average molecular weight is 356 g/mol. The summed E-state index contributed by atoms with van der Waals surface area (Å²) < 4.78 is 6.96. The zero-order valence-electron chi connectivity index (χ0n) is 14.9. The molecule has 0 atom stereocenters. The number of fused-ring (bicyclic) bond motifs is 1. The van der Waals surface area contributed by atoms with Crippen LogP contribution in [0.15, 0.2) is 35.4 Å². The number of rotatable bonds is 9. The molecule has 1 aromatic carbocycles. The first kappa shape index (κ1) is 18.3. The highest BCUT2D eigenvalue weighted by Gasteiger charge is 2.11. The highest BCUT2D eigenvalue weighted by atomic mass is 16.5. The normalized spacial score (nSPS) is 11.3. The van der Waals surface area contributed by atoms with Gasteiger partial charge in [0.05, 0.1) is 19.5 Å². The zero-order chi connectivity index (χ0) is 18.4. The number of imidazole rings is 1. The van der Waals surface area contributed by atoms with Crippen molar-refractivity contribution < 1.29 is 9.84 Å². The van der Waals surface area contributed by atoms with Gasteiger partial charge in [-0.15, -0.1) is 0 Å². The Hall–Kier alpha value is -2.51. The molecule has 0 aliphatic heterocycles. The van der Waals surface area contributed by atoms with Crippen molar-refractivity contribution in [3.8, 4) is 0 Å². The van der Waals surface area contributed by atoms with Crippen molar-refractivity contribution in [2.45, 2.75) is 39.3 Å². The van der Waals surface area contributed by atoms with Gasteiger partial charge >= 0.3 is 0 Å². The molecule has 26 heavy (non-hydrogen) atoms. The third-order valence-corrected chi connectivity index (χ3v) is 4.20. The van der Waals surface area contributed by atoms with E-state index < -0.39 is 0 Å². The third kappa shape index (κ3) is 4.36. The minimum absolute atomic E-state index is 0.0554. The van der Waals surface area contributed by atoms with Crippen LogP contribution in [0.1, 0.15) is 36.7 Å². The molecule has 138 valence electrons. The topological polar surface area (TPSA) is 93.0 Å². The summed E-state index contributed by atoms with van der Waals surface area (Å²) in [5.74, 6) is 0.590. The first-order valence-corrected chi connectivity index (χ1v) is 8.91. The molecular weight excluding hydrogens is 332 g/mol.